The Balaban J connectivity index is 1.46. The minimum Gasteiger partial charge on any atom is -0.351 e. The molecular weight excluding hydrogens is 422 g/mol. The van der Waals surface area contributed by atoms with Crippen LogP contribution in [0.25, 0.3) is 11.3 Å². The van der Waals surface area contributed by atoms with Crippen molar-refractivity contribution in [2.24, 2.45) is 0 Å². The van der Waals surface area contributed by atoms with E-state index in [0.717, 1.165) is 43.4 Å². The summed E-state index contributed by atoms with van der Waals surface area (Å²) in [5, 5.41) is 3.34. The highest BCUT2D eigenvalue weighted by Gasteiger charge is 2.48. The van der Waals surface area contributed by atoms with E-state index in [4.69, 9.17) is 0 Å². The standard InChI is InChI=1S/C29H37N3O2/c1-29(28(34)30-24-15-9-4-10-16-24)21-31-25(23-13-7-3-8-14-23)17-18-26(31)27(33)32(29)20-19-22-11-5-2-6-12-22/h3,7-8,11,13-14,17-18,24H,2,4-6,9-10,12,15-16,19-21H2,1H3,(H,30,34)/t29-/m1/s1. The van der Waals surface area contributed by atoms with Crippen molar-refractivity contribution < 1.29 is 9.59 Å². The van der Waals surface area contributed by atoms with Gasteiger partial charge in [0.15, 0.2) is 0 Å². The minimum absolute atomic E-state index is 0.0104. The van der Waals surface area contributed by atoms with Gasteiger partial charge in [0.25, 0.3) is 5.91 Å². The van der Waals surface area contributed by atoms with E-state index in [1.807, 2.05) is 42.2 Å². The smallest absolute Gasteiger partial charge is 0.271 e. The summed E-state index contributed by atoms with van der Waals surface area (Å²) in [4.78, 5) is 29.6. The summed E-state index contributed by atoms with van der Waals surface area (Å²) in [6.45, 7) is 3.03. The van der Waals surface area contributed by atoms with E-state index < -0.39 is 5.54 Å². The van der Waals surface area contributed by atoms with Crippen LogP contribution >= 0.6 is 0 Å². The fourth-order valence-corrected chi connectivity index (χ4v) is 5.96. The number of rotatable bonds is 6. The number of nitrogens with one attached hydrogen (secondary N) is 1. The number of nitrogens with zero attached hydrogens (tertiary/aromatic N) is 2. The van der Waals surface area contributed by atoms with Gasteiger partial charge in [-0.25, -0.2) is 0 Å². The first-order chi connectivity index (χ1) is 16.6. The molecule has 0 spiro atoms. The summed E-state index contributed by atoms with van der Waals surface area (Å²) < 4.78 is 2.06. The Labute approximate surface area is 203 Å². The SMILES string of the molecule is C[C@]1(C(=O)NC2CCCCC2)Cn2c(ccc2-c2ccccc2)C(=O)N1CCC1=CCCCC1. The zero-order valence-corrected chi connectivity index (χ0v) is 20.4. The molecule has 1 saturated carbocycles. The number of allylic oxidation sites excluding steroid dienone is 1. The number of benzene rings is 1. The molecule has 1 fully saturated rings. The van der Waals surface area contributed by atoms with E-state index in [-0.39, 0.29) is 17.9 Å². The Morgan fingerprint density at radius 2 is 1.76 bits per heavy atom. The molecule has 0 bridgehead atoms. The Bertz CT molecular complexity index is 1060. The summed E-state index contributed by atoms with van der Waals surface area (Å²) in [6.07, 6.45) is 13.6. The molecule has 5 rings (SSSR count). The van der Waals surface area contributed by atoms with E-state index in [1.54, 1.807) is 0 Å². The zero-order chi connectivity index (χ0) is 23.5. The van der Waals surface area contributed by atoms with Crippen molar-refractivity contribution >= 4 is 11.8 Å². The van der Waals surface area contributed by atoms with Crippen molar-refractivity contribution in [3.8, 4) is 11.3 Å². The van der Waals surface area contributed by atoms with Crippen molar-refractivity contribution in [3.63, 3.8) is 0 Å². The van der Waals surface area contributed by atoms with Crippen LogP contribution in [0.3, 0.4) is 0 Å². The van der Waals surface area contributed by atoms with Gasteiger partial charge in [-0.05, 0) is 69.6 Å². The van der Waals surface area contributed by atoms with Crippen molar-refractivity contribution in [3.05, 3.63) is 59.8 Å². The number of aromatic nitrogens is 1. The molecule has 1 aromatic heterocycles. The molecule has 3 aliphatic rings. The van der Waals surface area contributed by atoms with Gasteiger partial charge in [-0.15, -0.1) is 0 Å². The molecule has 1 aliphatic heterocycles. The van der Waals surface area contributed by atoms with Gasteiger partial charge in [0.2, 0.25) is 5.91 Å². The monoisotopic (exact) mass is 459 g/mol. The molecule has 1 aromatic carbocycles. The molecule has 180 valence electrons. The second-order valence-corrected chi connectivity index (χ2v) is 10.5. The van der Waals surface area contributed by atoms with Crippen LogP contribution < -0.4 is 5.32 Å². The van der Waals surface area contributed by atoms with Crippen LogP contribution in [-0.4, -0.2) is 39.4 Å². The molecule has 1 N–H and O–H groups in total. The van der Waals surface area contributed by atoms with Crippen molar-refractivity contribution in [2.45, 2.75) is 89.3 Å². The summed E-state index contributed by atoms with van der Waals surface area (Å²) in [6, 6.07) is 14.3. The zero-order valence-electron chi connectivity index (χ0n) is 20.4. The summed E-state index contributed by atoms with van der Waals surface area (Å²) in [7, 11) is 0. The van der Waals surface area contributed by atoms with E-state index in [2.05, 4.69) is 28.1 Å². The predicted octanol–water partition coefficient (Wildman–Crippen LogP) is 5.71. The van der Waals surface area contributed by atoms with E-state index in [9.17, 15) is 9.59 Å². The minimum atomic E-state index is -0.917. The third-order valence-electron chi connectivity index (χ3n) is 8.05. The molecular formula is C29H37N3O2. The van der Waals surface area contributed by atoms with Gasteiger partial charge in [-0.3, -0.25) is 9.59 Å². The first-order valence-electron chi connectivity index (χ1n) is 13.1. The largest absolute Gasteiger partial charge is 0.351 e. The summed E-state index contributed by atoms with van der Waals surface area (Å²) in [5.41, 5.74) is 3.26. The van der Waals surface area contributed by atoms with Gasteiger partial charge < -0.3 is 14.8 Å². The number of carbonyl (C=O) groups is 2. The first-order valence-corrected chi connectivity index (χ1v) is 13.1. The van der Waals surface area contributed by atoms with Gasteiger partial charge in [0.1, 0.15) is 11.2 Å². The van der Waals surface area contributed by atoms with Gasteiger partial charge in [0, 0.05) is 18.3 Å². The molecule has 0 radical (unpaired) electrons. The molecule has 2 aromatic rings. The maximum absolute atomic E-state index is 13.9. The number of carbonyl (C=O) groups excluding carboxylic acids is 2. The number of hydrogen-bond acceptors (Lipinski definition) is 2. The lowest BCUT2D eigenvalue weighted by Gasteiger charge is -2.45. The Kier molecular flexibility index (Phi) is 6.62. The van der Waals surface area contributed by atoms with Gasteiger partial charge in [0.05, 0.1) is 6.54 Å². The molecule has 5 nitrogen and oxygen atoms in total. The molecule has 5 heteroatoms. The highest BCUT2D eigenvalue weighted by molar-refractivity contribution is 6.00. The fraction of sp³-hybridized carbons (Fsp3) is 0.517. The quantitative estimate of drug-likeness (QED) is 0.563. The molecule has 2 heterocycles. The van der Waals surface area contributed by atoms with Crippen LogP contribution in [0.15, 0.2) is 54.1 Å². The van der Waals surface area contributed by atoms with Crippen LogP contribution in [0.4, 0.5) is 0 Å². The number of fused-ring (bicyclic) bond motifs is 1. The Morgan fingerprint density at radius 3 is 2.50 bits per heavy atom. The Hall–Kier alpha value is -2.82. The number of amides is 2. The third-order valence-corrected chi connectivity index (χ3v) is 8.05. The van der Waals surface area contributed by atoms with Crippen LogP contribution in [0.1, 0.15) is 81.6 Å². The highest BCUT2D eigenvalue weighted by atomic mass is 16.2. The molecule has 0 unspecified atom stereocenters. The molecule has 34 heavy (non-hydrogen) atoms. The lowest BCUT2D eigenvalue weighted by atomic mass is 9.90. The Morgan fingerprint density at radius 1 is 1.00 bits per heavy atom. The van der Waals surface area contributed by atoms with E-state index in [0.29, 0.717) is 18.8 Å². The summed E-state index contributed by atoms with van der Waals surface area (Å²) in [5.74, 6) is -0.0464. The van der Waals surface area contributed by atoms with Crippen LogP contribution in [0.2, 0.25) is 0 Å². The van der Waals surface area contributed by atoms with Crippen LogP contribution in [0, 0.1) is 0 Å². The van der Waals surface area contributed by atoms with Crippen molar-refractivity contribution in [1.29, 1.82) is 0 Å². The topological polar surface area (TPSA) is 54.3 Å². The van der Waals surface area contributed by atoms with Crippen molar-refractivity contribution in [1.82, 2.24) is 14.8 Å². The predicted molar refractivity (Wildman–Crippen MR) is 135 cm³/mol. The second kappa shape index (κ2) is 9.81. The molecule has 0 saturated heterocycles. The van der Waals surface area contributed by atoms with Gasteiger partial charge >= 0.3 is 0 Å². The van der Waals surface area contributed by atoms with Gasteiger partial charge in [-0.2, -0.15) is 0 Å². The average molecular weight is 460 g/mol. The average Bonchev–Trinajstić information content (AvgIpc) is 3.29. The molecule has 2 aliphatic carbocycles. The first kappa shape index (κ1) is 22.9. The van der Waals surface area contributed by atoms with Crippen LogP contribution in [-0.2, 0) is 11.3 Å². The van der Waals surface area contributed by atoms with Gasteiger partial charge in [-0.1, -0.05) is 61.2 Å². The second-order valence-electron chi connectivity index (χ2n) is 10.5. The maximum Gasteiger partial charge on any atom is 0.271 e. The number of hydrogen-bond donors (Lipinski definition) is 1. The fourth-order valence-electron chi connectivity index (χ4n) is 5.96. The lowest BCUT2D eigenvalue weighted by Crippen LogP contribution is -2.65. The van der Waals surface area contributed by atoms with Crippen molar-refractivity contribution in [2.75, 3.05) is 6.54 Å². The third kappa shape index (κ3) is 4.45. The normalized spacial score (nSPS) is 23.4. The molecule has 1 atom stereocenters. The molecule has 2 amide bonds. The van der Waals surface area contributed by atoms with E-state index in [1.165, 1.54) is 37.7 Å². The van der Waals surface area contributed by atoms with E-state index >= 15 is 0 Å². The lowest BCUT2D eigenvalue weighted by molar-refractivity contribution is -0.133. The summed E-state index contributed by atoms with van der Waals surface area (Å²) >= 11 is 0. The van der Waals surface area contributed by atoms with Crippen LogP contribution in [0.5, 0.6) is 0 Å². The highest BCUT2D eigenvalue weighted by Crippen LogP contribution is 2.34. The maximum atomic E-state index is 13.9.